The van der Waals surface area contributed by atoms with E-state index in [-0.39, 0.29) is 16.7 Å². The second kappa shape index (κ2) is 4.46. The summed E-state index contributed by atoms with van der Waals surface area (Å²) >= 11 is 8.85. The minimum absolute atomic E-state index is 0.100. The number of halogens is 2. The SMILES string of the molecule is CCS(=O)(=O)Oc1ncc(Br)cc1Cl. The fourth-order valence-electron chi connectivity index (χ4n) is 0.643. The van der Waals surface area contributed by atoms with Crippen molar-refractivity contribution in [3.05, 3.63) is 21.8 Å². The molecule has 0 aliphatic heterocycles. The van der Waals surface area contributed by atoms with Crippen molar-refractivity contribution in [3.63, 3.8) is 0 Å². The normalized spacial score (nSPS) is 11.4. The van der Waals surface area contributed by atoms with E-state index >= 15 is 0 Å². The van der Waals surface area contributed by atoms with Gasteiger partial charge in [-0.05, 0) is 28.9 Å². The van der Waals surface area contributed by atoms with Gasteiger partial charge in [0.25, 0.3) is 5.88 Å². The molecule has 0 fully saturated rings. The molecule has 14 heavy (non-hydrogen) atoms. The Morgan fingerprint density at radius 1 is 1.64 bits per heavy atom. The van der Waals surface area contributed by atoms with E-state index in [0.29, 0.717) is 4.47 Å². The number of nitrogens with zero attached hydrogens (tertiary/aromatic N) is 1. The summed E-state index contributed by atoms with van der Waals surface area (Å²) in [4.78, 5) is 3.73. The van der Waals surface area contributed by atoms with Crippen molar-refractivity contribution in [2.24, 2.45) is 0 Å². The molecule has 1 aromatic rings. The molecule has 0 amide bonds. The Morgan fingerprint density at radius 2 is 2.29 bits per heavy atom. The topological polar surface area (TPSA) is 56.3 Å². The van der Waals surface area contributed by atoms with Gasteiger partial charge in [-0.3, -0.25) is 0 Å². The summed E-state index contributed by atoms with van der Waals surface area (Å²) in [6.45, 7) is 1.47. The van der Waals surface area contributed by atoms with Gasteiger partial charge in [-0.15, -0.1) is 0 Å². The van der Waals surface area contributed by atoms with Crippen LogP contribution in [-0.4, -0.2) is 19.2 Å². The van der Waals surface area contributed by atoms with Gasteiger partial charge < -0.3 is 4.18 Å². The third kappa shape index (κ3) is 3.11. The van der Waals surface area contributed by atoms with E-state index in [2.05, 4.69) is 25.1 Å². The molecule has 0 saturated heterocycles. The predicted octanol–water partition coefficient (Wildman–Crippen LogP) is 2.23. The van der Waals surface area contributed by atoms with Gasteiger partial charge in [0.2, 0.25) is 0 Å². The highest BCUT2D eigenvalue weighted by molar-refractivity contribution is 9.10. The van der Waals surface area contributed by atoms with Gasteiger partial charge in [-0.25, -0.2) is 4.98 Å². The van der Waals surface area contributed by atoms with Crippen molar-refractivity contribution >= 4 is 37.6 Å². The average molecular weight is 301 g/mol. The molecule has 78 valence electrons. The third-order valence-electron chi connectivity index (χ3n) is 1.33. The van der Waals surface area contributed by atoms with Crippen molar-refractivity contribution in [2.75, 3.05) is 5.75 Å². The molecular weight excluding hydrogens is 294 g/mol. The first kappa shape index (κ1) is 11.7. The molecule has 0 aliphatic rings. The van der Waals surface area contributed by atoms with Gasteiger partial charge in [0, 0.05) is 10.7 Å². The fraction of sp³-hybridized carbons (Fsp3) is 0.286. The summed E-state index contributed by atoms with van der Waals surface area (Å²) in [6.07, 6.45) is 1.41. The molecule has 7 heteroatoms. The minimum Gasteiger partial charge on any atom is -0.360 e. The molecule has 0 saturated carbocycles. The molecule has 1 aromatic heterocycles. The summed E-state index contributed by atoms with van der Waals surface area (Å²) < 4.78 is 27.4. The Morgan fingerprint density at radius 3 is 2.79 bits per heavy atom. The maximum atomic E-state index is 11.1. The van der Waals surface area contributed by atoms with Crippen LogP contribution in [0.3, 0.4) is 0 Å². The van der Waals surface area contributed by atoms with Crippen LogP contribution < -0.4 is 4.18 Å². The van der Waals surface area contributed by atoms with E-state index < -0.39 is 10.1 Å². The van der Waals surface area contributed by atoms with E-state index in [0.717, 1.165) is 0 Å². The highest BCUT2D eigenvalue weighted by Gasteiger charge is 2.13. The van der Waals surface area contributed by atoms with Gasteiger partial charge in [-0.1, -0.05) is 11.6 Å². The first-order valence-electron chi connectivity index (χ1n) is 3.68. The van der Waals surface area contributed by atoms with Crippen molar-refractivity contribution < 1.29 is 12.6 Å². The van der Waals surface area contributed by atoms with Crippen LogP contribution in [-0.2, 0) is 10.1 Å². The lowest BCUT2D eigenvalue weighted by Crippen LogP contribution is -2.12. The molecule has 0 aliphatic carbocycles. The lowest BCUT2D eigenvalue weighted by molar-refractivity contribution is 0.477. The molecule has 1 heterocycles. The minimum atomic E-state index is -3.57. The lowest BCUT2D eigenvalue weighted by Gasteiger charge is -2.05. The van der Waals surface area contributed by atoms with Gasteiger partial charge in [0.1, 0.15) is 5.02 Å². The van der Waals surface area contributed by atoms with Gasteiger partial charge in [0.05, 0.1) is 5.75 Å². The van der Waals surface area contributed by atoms with E-state index in [1.165, 1.54) is 19.2 Å². The second-order valence-electron chi connectivity index (χ2n) is 2.37. The molecule has 0 atom stereocenters. The maximum Gasteiger partial charge on any atom is 0.310 e. The molecule has 1 rings (SSSR count). The smallest absolute Gasteiger partial charge is 0.310 e. The number of pyridine rings is 1. The third-order valence-corrected chi connectivity index (χ3v) is 3.16. The zero-order chi connectivity index (χ0) is 10.8. The predicted molar refractivity (Wildman–Crippen MR) is 57.0 cm³/mol. The highest BCUT2D eigenvalue weighted by Crippen LogP contribution is 2.25. The molecule has 0 radical (unpaired) electrons. The van der Waals surface area contributed by atoms with E-state index in [1.807, 2.05) is 0 Å². The van der Waals surface area contributed by atoms with Gasteiger partial charge >= 0.3 is 10.1 Å². The van der Waals surface area contributed by atoms with Crippen molar-refractivity contribution in [1.29, 1.82) is 0 Å². The number of aromatic nitrogens is 1. The fourth-order valence-corrected chi connectivity index (χ4v) is 1.85. The number of hydrogen-bond acceptors (Lipinski definition) is 4. The average Bonchev–Trinajstić information content (AvgIpc) is 2.10. The zero-order valence-electron chi connectivity index (χ0n) is 7.20. The largest absolute Gasteiger partial charge is 0.360 e. The summed E-state index contributed by atoms with van der Waals surface area (Å²) in [5, 5.41) is 0.149. The Balaban J connectivity index is 2.99. The van der Waals surface area contributed by atoms with Crippen LogP contribution in [0.5, 0.6) is 5.88 Å². The number of hydrogen-bond donors (Lipinski definition) is 0. The quantitative estimate of drug-likeness (QED) is 0.803. The van der Waals surface area contributed by atoms with Crippen LogP contribution in [0.15, 0.2) is 16.7 Å². The van der Waals surface area contributed by atoms with Crippen LogP contribution >= 0.6 is 27.5 Å². The van der Waals surface area contributed by atoms with Gasteiger partial charge in [0.15, 0.2) is 0 Å². The standard InChI is InChI=1S/C7H7BrClNO3S/c1-2-14(11,12)13-7-6(9)3-5(8)4-10-7/h3-4H,2H2,1H3. The maximum absolute atomic E-state index is 11.1. The highest BCUT2D eigenvalue weighted by atomic mass is 79.9. The molecule has 0 N–H and O–H groups in total. The van der Waals surface area contributed by atoms with Crippen LogP contribution in [0, 0.1) is 0 Å². The molecular formula is C7H7BrClNO3S. The summed E-state index contributed by atoms with van der Waals surface area (Å²) in [7, 11) is -3.57. The van der Waals surface area contributed by atoms with Gasteiger partial charge in [-0.2, -0.15) is 8.42 Å². The number of rotatable bonds is 3. The molecule has 0 spiro atoms. The monoisotopic (exact) mass is 299 g/mol. The first-order valence-corrected chi connectivity index (χ1v) is 6.42. The van der Waals surface area contributed by atoms with Crippen LogP contribution in [0.4, 0.5) is 0 Å². The first-order chi connectivity index (χ1) is 6.44. The Hall–Kier alpha value is -0.330. The summed E-state index contributed by atoms with van der Waals surface area (Å²) in [5.41, 5.74) is 0. The Bertz CT molecular complexity index is 435. The van der Waals surface area contributed by atoms with Crippen LogP contribution in [0.1, 0.15) is 6.92 Å². The van der Waals surface area contributed by atoms with Crippen LogP contribution in [0.2, 0.25) is 5.02 Å². The zero-order valence-corrected chi connectivity index (χ0v) is 10.4. The summed E-state index contributed by atoms with van der Waals surface area (Å²) in [6, 6.07) is 1.51. The Kier molecular flexibility index (Phi) is 3.74. The molecule has 0 bridgehead atoms. The molecule has 0 aromatic carbocycles. The summed E-state index contributed by atoms with van der Waals surface area (Å²) in [5.74, 6) is -0.224. The Labute approximate surface area is 95.5 Å². The van der Waals surface area contributed by atoms with E-state index in [1.54, 1.807) is 0 Å². The van der Waals surface area contributed by atoms with Crippen molar-refractivity contribution in [2.45, 2.75) is 6.92 Å². The van der Waals surface area contributed by atoms with E-state index in [9.17, 15) is 8.42 Å². The molecule has 4 nitrogen and oxygen atoms in total. The van der Waals surface area contributed by atoms with Crippen LogP contribution in [0.25, 0.3) is 0 Å². The van der Waals surface area contributed by atoms with E-state index in [4.69, 9.17) is 11.6 Å². The van der Waals surface area contributed by atoms with Crippen molar-refractivity contribution in [3.8, 4) is 5.88 Å². The van der Waals surface area contributed by atoms with Crippen molar-refractivity contribution in [1.82, 2.24) is 4.98 Å². The second-order valence-corrected chi connectivity index (χ2v) is 5.55. The lowest BCUT2D eigenvalue weighted by atomic mass is 10.5. The molecule has 0 unspecified atom stereocenters.